The van der Waals surface area contributed by atoms with E-state index in [2.05, 4.69) is 11.9 Å². The zero-order chi connectivity index (χ0) is 15.8. The quantitative estimate of drug-likeness (QED) is 0.766. The summed E-state index contributed by atoms with van der Waals surface area (Å²) in [4.78, 5) is 4.03. The third kappa shape index (κ3) is 3.97. The van der Waals surface area contributed by atoms with Gasteiger partial charge in [-0.05, 0) is 30.2 Å². The normalized spacial score (nSPS) is 9.59. The van der Waals surface area contributed by atoms with E-state index in [0.29, 0.717) is 13.2 Å². The zero-order valence-corrected chi connectivity index (χ0v) is 12.4. The van der Waals surface area contributed by atoms with Gasteiger partial charge in [-0.3, -0.25) is 0 Å². The molecule has 5 heteroatoms. The van der Waals surface area contributed by atoms with Gasteiger partial charge in [-0.25, -0.2) is 4.98 Å². The fraction of sp³-hybridized carbons (Fsp3) is 0.235. The average molecular weight is 292 g/mol. The van der Waals surface area contributed by atoms with Crippen molar-refractivity contribution in [3.8, 4) is 17.9 Å². The maximum absolute atomic E-state index is 8.86. The Balaban J connectivity index is 2.34. The topological polar surface area (TPSA) is 74.6 Å². The minimum Gasteiger partial charge on any atom is -0.493 e. The van der Waals surface area contributed by atoms with Crippen LogP contribution in [0.15, 0.2) is 42.5 Å². The van der Waals surface area contributed by atoms with Gasteiger partial charge in [-0.1, -0.05) is 13.0 Å². The van der Waals surface area contributed by atoms with Gasteiger partial charge in [-0.2, -0.15) is 10.5 Å². The lowest BCUT2D eigenvalue weighted by Crippen LogP contribution is -2.03. The second kappa shape index (κ2) is 7.66. The van der Waals surface area contributed by atoms with E-state index in [-0.39, 0.29) is 5.57 Å². The summed E-state index contributed by atoms with van der Waals surface area (Å²) in [7, 11) is 0. The molecule has 0 atom stereocenters. The summed E-state index contributed by atoms with van der Waals surface area (Å²) in [5.74, 6) is 0.808. The molecule has 0 N–H and O–H groups in total. The van der Waals surface area contributed by atoms with Gasteiger partial charge in [0.2, 0.25) is 0 Å². The molecule has 2 aromatic rings. The van der Waals surface area contributed by atoms with Crippen molar-refractivity contribution < 1.29 is 4.74 Å². The Morgan fingerprint density at radius 2 is 2.18 bits per heavy atom. The highest BCUT2D eigenvalue weighted by molar-refractivity contribution is 5.63. The van der Waals surface area contributed by atoms with Gasteiger partial charge < -0.3 is 9.30 Å². The smallest absolute Gasteiger partial charge is 0.130 e. The molecule has 5 nitrogen and oxygen atoms in total. The Morgan fingerprint density at radius 3 is 2.82 bits per heavy atom. The molecule has 0 saturated carbocycles. The van der Waals surface area contributed by atoms with Crippen molar-refractivity contribution in [1.82, 2.24) is 9.55 Å². The molecule has 0 fully saturated rings. The molecule has 0 amide bonds. The first-order valence-electron chi connectivity index (χ1n) is 7.00. The van der Waals surface area contributed by atoms with Crippen LogP contribution >= 0.6 is 0 Å². The number of nitrogens with zero attached hydrogens (tertiary/aromatic N) is 4. The number of benzene rings is 1. The molecule has 0 saturated heterocycles. The molecule has 1 heterocycles. The highest BCUT2D eigenvalue weighted by Crippen LogP contribution is 2.23. The summed E-state index contributed by atoms with van der Waals surface area (Å²) in [5.41, 5.74) is 1.86. The lowest BCUT2D eigenvalue weighted by atomic mass is 10.1. The van der Waals surface area contributed by atoms with E-state index < -0.39 is 0 Å². The number of aromatic nitrogens is 2. The lowest BCUT2D eigenvalue weighted by Gasteiger charge is -2.12. The van der Waals surface area contributed by atoms with Crippen LogP contribution in [0.3, 0.4) is 0 Å². The van der Waals surface area contributed by atoms with E-state index >= 15 is 0 Å². The zero-order valence-electron chi connectivity index (χ0n) is 12.4. The fourth-order valence-electron chi connectivity index (χ4n) is 2.00. The van der Waals surface area contributed by atoms with Crippen molar-refractivity contribution in [2.45, 2.75) is 19.9 Å². The number of hydrogen-bond acceptors (Lipinski definition) is 4. The molecule has 0 unspecified atom stereocenters. The molecule has 0 spiro atoms. The summed E-state index contributed by atoms with van der Waals surface area (Å²) < 4.78 is 7.70. The number of ether oxygens (including phenoxy) is 1. The van der Waals surface area contributed by atoms with Crippen LogP contribution in [-0.2, 0) is 6.54 Å². The Morgan fingerprint density at radius 1 is 1.36 bits per heavy atom. The van der Waals surface area contributed by atoms with Crippen molar-refractivity contribution in [3.05, 3.63) is 53.6 Å². The number of hydrogen-bond donors (Lipinski definition) is 0. The van der Waals surface area contributed by atoms with Gasteiger partial charge in [0, 0.05) is 18.0 Å². The fourth-order valence-corrected chi connectivity index (χ4v) is 2.00. The Kier molecular flexibility index (Phi) is 5.34. The molecule has 0 aliphatic heterocycles. The molecule has 0 bridgehead atoms. The van der Waals surface area contributed by atoms with Gasteiger partial charge in [-0.15, -0.1) is 0 Å². The third-order valence-electron chi connectivity index (χ3n) is 3.01. The number of rotatable bonds is 6. The van der Waals surface area contributed by atoms with Crippen LogP contribution in [0.4, 0.5) is 0 Å². The highest BCUT2D eigenvalue weighted by atomic mass is 16.5. The van der Waals surface area contributed by atoms with Crippen LogP contribution in [0, 0.1) is 22.7 Å². The van der Waals surface area contributed by atoms with Gasteiger partial charge in [0.15, 0.2) is 0 Å². The minimum atomic E-state index is 0.0795. The molecule has 22 heavy (non-hydrogen) atoms. The maximum Gasteiger partial charge on any atom is 0.130 e. The maximum atomic E-state index is 8.86. The molecular formula is C17H16N4O. The van der Waals surface area contributed by atoms with Gasteiger partial charge in [0.05, 0.1) is 19.5 Å². The van der Waals surface area contributed by atoms with Crippen molar-refractivity contribution in [1.29, 1.82) is 10.5 Å². The lowest BCUT2D eigenvalue weighted by molar-refractivity contribution is 0.313. The monoisotopic (exact) mass is 292 g/mol. The first kappa shape index (κ1) is 15.3. The van der Waals surface area contributed by atoms with E-state index in [1.54, 1.807) is 18.6 Å². The first-order chi connectivity index (χ1) is 10.8. The van der Waals surface area contributed by atoms with E-state index in [1.807, 2.05) is 41.1 Å². The Hall–Kier alpha value is -3.05. The molecule has 110 valence electrons. The van der Waals surface area contributed by atoms with Gasteiger partial charge in [0.1, 0.15) is 23.5 Å². The van der Waals surface area contributed by atoms with Crippen LogP contribution in [0.25, 0.3) is 6.08 Å². The number of allylic oxidation sites excluding steroid dienone is 1. The second-order valence-electron chi connectivity index (χ2n) is 4.73. The predicted molar refractivity (Wildman–Crippen MR) is 82.8 cm³/mol. The van der Waals surface area contributed by atoms with E-state index in [0.717, 1.165) is 23.3 Å². The third-order valence-corrected chi connectivity index (χ3v) is 3.01. The summed E-state index contributed by atoms with van der Waals surface area (Å²) in [6, 6.07) is 9.39. The second-order valence-corrected chi connectivity index (χ2v) is 4.73. The number of imidazole rings is 1. The van der Waals surface area contributed by atoms with Crippen LogP contribution in [0.5, 0.6) is 5.75 Å². The van der Waals surface area contributed by atoms with Crippen molar-refractivity contribution in [2.75, 3.05) is 6.61 Å². The van der Waals surface area contributed by atoms with E-state index in [1.165, 1.54) is 0 Å². The minimum absolute atomic E-state index is 0.0795. The molecule has 1 aromatic carbocycles. The van der Waals surface area contributed by atoms with Crippen molar-refractivity contribution >= 4 is 6.08 Å². The van der Waals surface area contributed by atoms with E-state index in [4.69, 9.17) is 15.3 Å². The van der Waals surface area contributed by atoms with Gasteiger partial charge >= 0.3 is 0 Å². The van der Waals surface area contributed by atoms with Crippen LogP contribution in [-0.4, -0.2) is 16.2 Å². The standard InChI is InChI=1S/C17H16N4O/c1-2-7-22-17-4-3-14(8-15(10-18)11-19)9-16(17)12-21-6-5-20-13-21/h3-6,8-9,13H,2,7,12H2,1H3. The summed E-state index contributed by atoms with van der Waals surface area (Å²) in [6.45, 7) is 3.32. The van der Waals surface area contributed by atoms with Gasteiger partial charge in [0.25, 0.3) is 0 Å². The largest absolute Gasteiger partial charge is 0.493 e. The number of nitriles is 2. The SMILES string of the molecule is CCCOc1ccc(C=C(C#N)C#N)cc1Cn1ccnc1. The molecule has 0 aliphatic rings. The average Bonchev–Trinajstić information content (AvgIpc) is 3.04. The Bertz CT molecular complexity index is 717. The highest BCUT2D eigenvalue weighted by Gasteiger charge is 2.06. The summed E-state index contributed by atoms with van der Waals surface area (Å²) >= 11 is 0. The van der Waals surface area contributed by atoms with Crippen LogP contribution < -0.4 is 4.74 Å². The summed E-state index contributed by atoms with van der Waals surface area (Å²) in [5, 5.41) is 17.7. The molecular weight excluding hydrogens is 276 g/mol. The van der Waals surface area contributed by atoms with Crippen molar-refractivity contribution in [2.24, 2.45) is 0 Å². The molecule has 0 aliphatic carbocycles. The first-order valence-corrected chi connectivity index (χ1v) is 7.00. The van der Waals surface area contributed by atoms with Crippen LogP contribution in [0.1, 0.15) is 24.5 Å². The Labute approximate surface area is 129 Å². The molecule has 2 rings (SSSR count). The molecule has 1 aromatic heterocycles. The molecule has 0 radical (unpaired) electrons. The van der Waals surface area contributed by atoms with E-state index in [9.17, 15) is 0 Å². The predicted octanol–water partition coefficient (Wildman–Crippen LogP) is 3.15. The summed E-state index contributed by atoms with van der Waals surface area (Å²) in [6.07, 6.45) is 7.84. The van der Waals surface area contributed by atoms with Crippen LogP contribution in [0.2, 0.25) is 0 Å². The van der Waals surface area contributed by atoms with Crippen molar-refractivity contribution in [3.63, 3.8) is 0 Å².